The molecule has 0 aliphatic heterocycles. The van der Waals surface area contributed by atoms with Crippen molar-refractivity contribution in [2.45, 2.75) is 0 Å². The van der Waals surface area contributed by atoms with Crippen LogP contribution in [0.15, 0.2) is 0 Å². The fourth-order valence-corrected chi connectivity index (χ4v) is 0.555. The third-order valence-electron chi connectivity index (χ3n) is 1.00. The minimum Gasteiger partial charge on any atom is -0.395 e. The number of hydrogen-bond acceptors (Lipinski definition) is 4. The summed E-state index contributed by atoms with van der Waals surface area (Å²) < 4.78 is 0. The predicted octanol–water partition coefficient (Wildman–Crippen LogP) is -0.672. The minimum absolute atomic E-state index is 0.0106. The topological polar surface area (TPSA) is 71.0 Å². The van der Waals surface area contributed by atoms with Gasteiger partial charge in [-0.25, -0.2) is 0 Å². The van der Waals surface area contributed by atoms with Crippen molar-refractivity contribution in [3.63, 3.8) is 0 Å². The van der Waals surface area contributed by atoms with E-state index >= 15 is 0 Å². The minimum atomic E-state index is -0.0106. The Labute approximate surface area is 59.9 Å². The maximum Gasteiger partial charge on any atom is 0.0875 e. The molecule has 0 radical (unpaired) electrons. The Morgan fingerprint density at radius 1 is 1.20 bits per heavy atom. The van der Waals surface area contributed by atoms with E-state index in [-0.39, 0.29) is 19.7 Å². The van der Waals surface area contributed by atoms with Gasteiger partial charge in [-0.2, -0.15) is 10.5 Å². The molecular formula is C6H9N3O. The van der Waals surface area contributed by atoms with Gasteiger partial charge in [0.15, 0.2) is 0 Å². The van der Waals surface area contributed by atoms with Gasteiger partial charge in [0.25, 0.3) is 0 Å². The average Bonchev–Trinajstić information content (AvgIpc) is 1.90. The molecule has 4 heteroatoms. The summed E-state index contributed by atoms with van der Waals surface area (Å²) >= 11 is 0. The zero-order valence-corrected chi connectivity index (χ0v) is 5.62. The Morgan fingerprint density at radius 3 is 2.00 bits per heavy atom. The Bertz CT molecular complexity index is 139. The van der Waals surface area contributed by atoms with Gasteiger partial charge < -0.3 is 5.11 Å². The zero-order valence-electron chi connectivity index (χ0n) is 5.62. The van der Waals surface area contributed by atoms with Gasteiger partial charge in [0.2, 0.25) is 0 Å². The summed E-state index contributed by atoms with van der Waals surface area (Å²) in [4.78, 5) is 1.57. The summed E-state index contributed by atoms with van der Waals surface area (Å²) in [5.74, 6) is 0. The Hall–Kier alpha value is -1.10. The molecule has 0 rings (SSSR count). The van der Waals surface area contributed by atoms with Crippen molar-refractivity contribution in [3.8, 4) is 12.1 Å². The monoisotopic (exact) mass is 139 g/mol. The van der Waals surface area contributed by atoms with Crippen LogP contribution in [-0.2, 0) is 0 Å². The molecule has 10 heavy (non-hydrogen) atoms. The van der Waals surface area contributed by atoms with Crippen LogP contribution in [-0.4, -0.2) is 36.2 Å². The van der Waals surface area contributed by atoms with E-state index in [0.29, 0.717) is 6.54 Å². The van der Waals surface area contributed by atoms with E-state index in [0.717, 1.165) is 0 Å². The molecule has 0 amide bonds. The summed E-state index contributed by atoms with van der Waals surface area (Å²) in [6.45, 7) is 0.784. The second-order valence-electron chi connectivity index (χ2n) is 1.75. The maximum absolute atomic E-state index is 8.43. The van der Waals surface area contributed by atoms with Gasteiger partial charge in [-0.05, 0) is 0 Å². The molecule has 0 aliphatic carbocycles. The second-order valence-corrected chi connectivity index (χ2v) is 1.75. The standard InChI is InChI=1S/C6H9N3O/c7-1-3-9(4-2-8)5-6-10/h10H,3-6H2. The van der Waals surface area contributed by atoms with Crippen LogP contribution >= 0.6 is 0 Å². The van der Waals surface area contributed by atoms with Crippen molar-refractivity contribution in [3.05, 3.63) is 0 Å². The molecule has 0 aromatic carbocycles. The number of aliphatic hydroxyl groups excluding tert-OH is 1. The lowest BCUT2D eigenvalue weighted by atomic mass is 10.5. The van der Waals surface area contributed by atoms with Crippen molar-refractivity contribution in [2.24, 2.45) is 0 Å². The fraction of sp³-hybridized carbons (Fsp3) is 0.667. The Morgan fingerprint density at radius 2 is 1.70 bits per heavy atom. The van der Waals surface area contributed by atoms with Gasteiger partial charge in [0.1, 0.15) is 0 Å². The zero-order chi connectivity index (χ0) is 7.82. The molecule has 4 nitrogen and oxygen atoms in total. The number of hydrogen-bond donors (Lipinski definition) is 1. The van der Waals surface area contributed by atoms with E-state index in [1.807, 2.05) is 12.1 Å². The van der Waals surface area contributed by atoms with Crippen LogP contribution in [0, 0.1) is 22.7 Å². The third kappa shape index (κ3) is 3.85. The van der Waals surface area contributed by atoms with E-state index in [2.05, 4.69) is 0 Å². The molecule has 0 aromatic rings. The normalized spacial score (nSPS) is 8.80. The molecule has 0 aromatic heterocycles. The molecule has 54 valence electrons. The highest BCUT2D eigenvalue weighted by Gasteiger charge is 1.99. The molecule has 0 spiro atoms. The lowest BCUT2D eigenvalue weighted by molar-refractivity contribution is 0.223. The van der Waals surface area contributed by atoms with E-state index in [1.54, 1.807) is 4.90 Å². The lowest BCUT2D eigenvalue weighted by Crippen LogP contribution is -2.27. The largest absolute Gasteiger partial charge is 0.395 e. The van der Waals surface area contributed by atoms with Gasteiger partial charge in [-0.1, -0.05) is 0 Å². The van der Waals surface area contributed by atoms with Crippen molar-refractivity contribution >= 4 is 0 Å². The van der Waals surface area contributed by atoms with Crippen molar-refractivity contribution in [1.29, 1.82) is 10.5 Å². The van der Waals surface area contributed by atoms with Gasteiger partial charge in [-0.3, -0.25) is 4.90 Å². The fourth-order valence-electron chi connectivity index (χ4n) is 0.555. The summed E-state index contributed by atoms with van der Waals surface area (Å²) in [6.07, 6.45) is 0. The summed E-state index contributed by atoms with van der Waals surface area (Å²) in [6, 6.07) is 3.80. The van der Waals surface area contributed by atoms with Crippen LogP contribution in [0.1, 0.15) is 0 Å². The van der Waals surface area contributed by atoms with Gasteiger partial charge in [0.05, 0.1) is 31.8 Å². The summed E-state index contributed by atoms with van der Waals surface area (Å²) in [7, 11) is 0. The SMILES string of the molecule is N#CCN(CC#N)CCO. The summed E-state index contributed by atoms with van der Waals surface area (Å²) in [5.41, 5.74) is 0. The molecule has 0 saturated carbocycles. The molecule has 0 unspecified atom stereocenters. The molecule has 1 N–H and O–H groups in total. The number of nitriles is 2. The van der Waals surface area contributed by atoms with Crippen LogP contribution in [0.2, 0.25) is 0 Å². The maximum atomic E-state index is 8.43. The third-order valence-corrected chi connectivity index (χ3v) is 1.00. The van der Waals surface area contributed by atoms with E-state index in [9.17, 15) is 0 Å². The Balaban J connectivity index is 3.54. The van der Waals surface area contributed by atoms with Crippen LogP contribution in [0.4, 0.5) is 0 Å². The smallest absolute Gasteiger partial charge is 0.0875 e. The Kier molecular flexibility index (Phi) is 5.36. The molecule has 0 heterocycles. The molecule has 0 atom stereocenters. The van der Waals surface area contributed by atoms with Gasteiger partial charge in [-0.15, -0.1) is 0 Å². The van der Waals surface area contributed by atoms with Gasteiger partial charge in [0, 0.05) is 6.54 Å². The van der Waals surface area contributed by atoms with Crippen LogP contribution in [0.25, 0.3) is 0 Å². The van der Waals surface area contributed by atoms with Gasteiger partial charge >= 0.3 is 0 Å². The van der Waals surface area contributed by atoms with E-state index < -0.39 is 0 Å². The number of rotatable bonds is 4. The quantitative estimate of drug-likeness (QED) is 0.524. The van der Waals surface area contributed by atoms with Crippen LogP contribution in [0.3, 0.4) is 0 Å². The molecule has 0 bridgehead atoms. The average molecular weight is 139 g/mol. The molecular weight excluding hydrogens is 130 g/mol. The van der Waals surface area contributed by atoms with Crippen molar-refractivity contribution < 1.29 is 5.11 Å². The highest BCUT2D eigenvalue weighted by molar-refractivity contribution is 4.83. The van der Waals surface area contributed by atoms with Crippen molar-refractivity contribution in [1.82, 2.24) is 4.90 Å². The van der Waals surface area contributed by atoms with Crippen LogP contribution in [0.5, 0.6) is 0 Å². The molecule has 0 fully saturated rings. The first-order valence-corrected chi connectivity index (χ1v) is 2.92. The van der Waals surface area contributed by atoms with E-state index in [1.165, 1.54) is 0 Å². The first-order valence-electron chi connectivity index (χ1n) is 2.92. The first-order chi connectivity index (χ1) is 4.85. The highest BCUT2D eigenvalue weighted by Crippen LogP contribution is 1.83. The second kappa shape index (κ2) is 6.03. The molecule has 0 saturated heterocycles. The lowest BCUT2D eigenvalue weighted by Gasteiger charge is -2.11. The predicted molar refractivity (Wildman–Crippen MR) is 34.8 cm³/mol. The van der Waals surface area contributed by atoms with Crippen molar-refractivity contribution in [2.75, 3.05) is 26.2 Å². The summed E-state index contributed by atoms with van der Waals surface area (Å²) in [5, 5.41) is 24.8. The molecule has 0 aliphatic rings. The van der Waals surface area contributed by atoms with Crippen LogP contribution < -0.4 is 0 Å². The number of aliphatic hydroxyl groups is 1. The number of nitrogens with zero attached hydrogens (tertiary/aromatic N) is 3. The first kappa shape index (κ1) is 8.90. The highest BCUT2D eigenvalue weighted by atomic mass is 16.3. The van der Waals surface area contributed by atoms with E-state index in [4.69, 9.17) is 15.6 Å².